The van der Waals surface area contributed by atoms with E-state index < -0.39 is 0 Å². The first kappa shape index (κ1) is 18.7. The van der Waals surface area contributed by atoms with Crippen molar-refractivity contribution in [2.45, 2.75) is 19.3 Å². The summed E-state index contributed by atoms with van der Waals surface area (Å²) in [5.41, 5.74) is 4.53. The Hall–Kier alpha value is -3.66. The van der Waals surface area contributed by atoms with Crippen LogP contribution >= 0.6 is 0 Å². The van der Waals surface area contributed by atoms with Crippen LogP contribution in [0.15, 0.2) is 97.2 Å². The number of anilines is 1. The second-order valence-corrected chi connectivity index (χ2v) is 6.99. The summed E-state index contributed by atoms with van der Waals surface area (Å²) in [6.45, 7) is 0. The Balaban J connectivity index is 0.00000256. The summed E-state index contributed by atoms with van der Waals surface area (Å²) in [7, 11) is 0. The van der Waals surface area contributed by atoms with Crippen molar-refractivity contribution in [3.05, 3.63) is 114 Å². The van der Waals surface area contributed by atoms with Gasteiger partial charge in [-0.15, -0.1) is 0 Å². The Morgan fingerprint density at radius 2 is 1.34 bits per heavy atom. The smallest absolute Gasteiger partial charge is 0.229 e. The molecule has 0 spiro atoms. The Morgan fingerprint density at radius 1 is 0.759 bits per heavy atom. The lowest BCUT2D eigenvalue weighted by molar-refractivity contribution is -0.115. The number of aryl methyl sites for hydroxylation is 2. The molecule has 1 aromatic heterocycles. The van der Waals surface area contributed by atoms with Crippen LogP contribution < -0.4 is 5.32 Å². The molecule has 4 aromatic rings. The maximum Gasteiger partial charge on any atom is 0.229 e. The molecule has 4 rings (SSSR count). The van der Waals surface area contributed by atoms with Gasteiger partial charge in [0.25, 0.3) is 0 Å². The molecule has 0 bridgehead atoms. The molecule has 0 unspecified atom stereocenters. The van der Waals surface area contributed by atoms with Crippen molar-refractivity contribution < 1.29 is 6.22 Å². The third-order valence-electron chi connectivity index (χ3n) is 4.84. The predicted molar refractivity (Wildman–Crippen MR) is 118 cm³/mol. The number of nitrogens with one attached hydrogen (secondary N) is 1. The number of hydrogen-bond acceptors (Lipinski definition) is 2. The molecule has 0 aliphatic heterocycles. The number of hydrogen-bond donors (Lipinski definition) is 1. The summed E-state index contributed by atoms with van der Waals surface area (Å²) in [4.78, 5) is 12.5. The quantitative estimate of drug-likeness (QED) is 0.483. The first-order valence-electron chi connectivity index (χ1n) is 9.79. The van der Waals surface area contributed by atoms with Gasteiger partial charge in [0.2, 0.25) is 5.91 Å². The lowest BCUT2D eigenvalue weighted by Gasteiger charge is -2.09. The van der Waals surface area contributed by atoms with Crippen LogP contribution in [-0.4, -0.2) is 15.7 Å². The maximum atomic E-state index is 12.5. The van der Waals surface area contributed by atoms with Crippen molar-refractivity contribution in [1.29, 1.82) is 0 Å². The highest BCUT2D eigenvalue weighted by atomic mass is 16.1. The van der Waals surface area contributed by atoms with E-state index in [2.05, 4.69) is 46.8 Å². The van der Waals surface area contributed by atoms with E-state index in [-0.39, 0.29) is 7.33 Å². The van der Waals surface area contributed by atoms with E-state index in [4.69, 9.17) is 0 Å². The average Bonchev–Trinajstić information content (AvgIpc) is 3.22. The Labute approximate surface area is 172 Å². The summed E-state index contributed by atoms with van der Waals surface area (Å²) in [5.74, 6) is 0.611. The average molecular weight is 383 g/mol. The van der Waals surface area contributed by atoms with Crippen LogP contribution in [0.3, 0.4) is 0 Å². The van der Waals surface area contributed by atoms with Crippen LogP contribution in [0.4, 0.5) is 5.82 Å². The molecule has 4 nitrogen and oxygen atoms in total. The van der Waals surface area contributed by atoms with Gasteiger partial charge in [-0.3, -0.25) is 4.79 Å². The number of nitrogens with zero attached hydrogens (tertiary/aromatic N) is 2. The molecular formula is C25H25N3O. The fraction of sp³-hybridized carbons (Fsp3) is 0.120. The van der Waals surface area contributed by atoms with Gasteiger partial charge in [-0.25, -0.2) is 4.68 Å². The van der Waals surface area contributed by atoms with Crippen molar-refractivity contribution in [1.82, 2.24) is 9.78 Å². The summed E-state index contributed by atoms with van der Waals surface area (Å²) < 4.78 is 1.73. The highest BCUT2D eigenvalue weighted by molar-refractivity contribution is 5.91. The number of carbonyl (C=O) groups excluding carboxylic acids is 1. The van der Waals surface area contributed by atoms with Crippen LogP contribution in [0, 0.1) is 0 Å². The summed E-state index contributed by atoms with van der Waals surface area (Å²) in [6.07, 6.45) is 4.03. The number of aromatic nitrogens is 2. The van der Waals surface area contributed by atoms with Gasteiger partial charge in [0.15, 0.2) is 0 Å². The van der Waals surface area contributed by atoms with E-state index in [1.807, 2.05) is 48.5 Å². The van der Waals surface area contributed by atoms with Gasteiger partial charge in [-0.2, -0.15) is 5.10 Å². The summed E-state index contributed by atoms with van der Waals surface area (Å²) in [5, 5.41) is 7.27. The number of amides is 1. The minimum absolute atomic E-state index is 0. The molecule has 1 heterocycles. The SMILES string of the molecule is O=C(Cc1ccc(CCc2ccccc2)cc1)Nc1ccnn1-c1ccccc1.[HH]. The normalized spacial score (nSPS) is 10.6. The van der Waals surface area contributed by atoms with Crippen molar-refractivity contribution in [3.8, 4) is 5.69 Å². The van der Waals surface area contributed by atoms with Gasteiger partial charge in [0.05, 0.1) is 18.3 Å². The van der Waals surface area contributed by atoms with E-state index >= 15 is 0 Å². The molecule has 0 saturated heterocycles. The molecule has 1 amide bonds. The topological polar surface area (TPSA) is 46.9 Å². The Morgan fingerprint density at radius 3 is 2.03 bits per heavy atom. The van der Waals surface area contributed by atoms with E-state index in [9.17, 15) is 4.79 Å². The molecule has 0 radical (unpaired) electrons. The van der Waals surface area contributed by atoms with E-state index in [1.165, 1.54) is 11.1 Å². The number of carbonyl (C=O) groups is 1. The molecule has 0 saturated carbocycles. The fourth-order valence-corrected chi connectivity index (χ4v) is 3.30. The fourth-order valence-electron chi connectivity index (χ4n) is 3.30. The minimum Gasteiger partial charge on any atom is -0.310 e. The predicted octanol–water partition coefficient (Wildman–Crippen LogP) is 5.08. The molecule has 3 aromatic carbocycles. The molecular weight excluding hydrogens is 358 g/mol. The third kappa shape index (κ3) is 4.99. The van der Waals surface area contributed by atoms with Crippen molar-refractivity contribution >= 4 is 11.7 Å². The van der Waals surface area contributed by atoms with Gasteiger partial charge in [-0.05, 0) is 41.7 Å². The van der Waals surface area contributed by atoms with Gasteiger partial charge in [-0.1, -0.05) is 72.8 Å². The zero-order valence-electron chi connectivity index (χ0n) is 16.2. The number of benzene rings is 3. The van der Waals surface area contributed by atoms with Gasteiger partial charge in [0.1, 0.15) is 5.82 Å². The van der Waals surface area contributed by atoms with Gasteiger partial charge >= 0.3 is 0 Å². The van der Waals surface area contributed by atoms with Crippen LogP contribution in [0.1, 0.15) is 18.1 Å². The van der Waals surface area contributed by atoms with Gasteiger partial charge < -0.3 is 5.32 Å². The molecule has 0 aliphatic carbocycles. The highest BCUT2D eigenvalue weighted by Crippen LogP contribution is 2.15. The largest absolute Gasteiger partial charge is 0.310 e. The zero-order chi connectivity index (χ0) is 19.9. The lowest BCUT2D eigenvalue weighted by Crippen LogP contribution is -2.17. The van der Waals surface area contributed by atoms with Crippen LogP contribution in [0.25, 0.3) is 5.69 Å². The second kappa shape index (κ2) is 9.02. The molecule has 0 atom stereocenters. The van der Waals surface area contributed by atoms with E-state index in [0.29, 0.717) is 12.2 Å². The van der Waals surface area contributed by atoms with Gasteiger partial charge in [0, 0.05) is 7.49 Å². The summed E-state index contributed by atoms with van der Waals surface area (Å²) >= 11 is 0. The van der Waals surface area contributed by atoms with Crippen molar-refractivity contribution in [3.63, 3.8) is 0 Å². The van der Waals surface area contributed by atoms with E-state index in [1.54, 1.807) is 16.9 Å². The molecule has 4 heteroatoms. The van der Waals surface area contributed by atoms with Crippen molar-refractivity contribution in [2.24, 2.45) is 0 Å². The zero-order valence-corrected chi connectivity index (χ0v) is 16.2. The molecule has 1 N–H and O–H groups in total. The van der Waals surface area contributed by atoms with Crippen LogP contribution in [0.5, 0.6) is 0 Å². The Kier molecular flexibility index (Phi) is 5.81. The molecule has 0 fully saturated rings. The third-order valence-corrected chi connectivity index (χ3v) is 4.84. The monoisotopic (exact) mass is 383 g/mol. The second-order valence-electron chi connectivity index (χ2n) is 6.99. The standard InChI is InChI=1S/C25H23N3O.H2/c29-25(27-24-17-18-26-28(24)23-9-5-2-6-10-23)19-22-15-13-21(14-16-22)12-11-20-7-3-1-4-8-20;/h1-10,13-18H,11-12,19H2,(H,27,29);1H. The Bertz CT molecular complexity index is 1060. The van der Waals surface area contributed by atoms with Crippen molar-refractivity contribution in [2.75, 3.05) is 5.32 Å². The number of para-hydroxylation sites is 1. The first-order valence-corrected chi connectivity index (χ1v) is 9.79. The first-order chi connectivity index (χ1) is 14.3. The molecule has 29 heavy (non-hydrogen) atoms. The molecule has 0 aliphatic rings. The van der Waals surface area contributed by atoms with Crippen LogP contribution in [0.2, 0.25) is 0 Å². The molecule has 146 valence electrons. The van der Waals surface area contributed by atoms with E-state index in [0.717, 1.165) is 24.1 Å². The maximum absolute atomic E-state index is 12.5. The lowest BCUT2D eigenvalue weighted by atomic mass is 10.0. The van der Waals surface area contributed by atoms with Crippen LogP contribution in [-0.2, 0) is 24.1 Å². The highest BCUT2D eigenvalue weighted by Gasteiger charge is 2.09. The minimum atomic E-state index is -0.0558. The summed E-state index contributed by atoms with van der Waals surface area (Å²) in [6, 6.07) is 30.3. The number of rotatable bonds is 7.